The maximum atomic E-state index is 7.75. The van der Waals surface area contributed by atoms with E-state index in [1.165, 1.54) is 0 Å². The maximum absolute atomic E-state index is 7.75. The van der Waals surface area contributed by atoms with Crippen molar-refractivity contribution >= 4 is 6.79 Å². The van der Waals surface area contributed by atoms with E-state index in [1.807, 2.05) is 0 Å². The second-order valence-corrected chi connectivity index (χ2v) is 0. The Labute approximate surface area is 41.7 Å². The van der Waals surface area contributed by atoms with Crippen LogP contribution < -0.4 is 0 Å². The standard InChI is InChI=1S/CH4O.CHO.Mn/c2*1-2;/h2H,1H3;1H;/q;-1;. The fourth-order valence-corrected chi connectivity index (χ4v) is 0. The van der Waals surface area contributed by atoms with Crippen molar-refractivity contribution in [1.82, 2.24) is 0 Å². The van der Waals surface area contributed by atoms with Crippen molar-refractivity contribution in [3.05, 3.63) is 0 Å². The average Bonchev–Trinajstić information content (AvgIpc) is 1.50. The zero-order valence-corrected chi connectivity index (χ0v) is 3.99. The van der Waals surface area contributed by atoms with Gasteiger partial charge in [-0.1, -0.05) is 0 Å². The largest absolute Gasteiger partial charge is 0.545 e. The molecule has 0 aromatic heterocycles. The maximum Gasteiger partial charge on any atom is 0.0319 e. The van der Waals surface area contributed by atoms with Crippen LogP contribution in [0.25, 0.3) is 0 Å². The fourth-order valence-electron chi connectivity index (χ4n) is 0. The Kier molecular flexibility index (Phi) is 7070. The molecule has 0 bridgehead atoms. The third-order valence-corrected chi connectivity index (χ3v) is 0. The van der Waals surface area contributed by atoms with Gasteiger partial charge in [0.15, 0.2) is 0 Å². The third kappa shape index (κ3) is 858. The normalized spacial score (nSPS) is 2.00. The Morgan fingerprint density at radius 2 is 1.40 bits per heavy atom. The van der Waals surface area contributed by atoms with Gasteiger partial charge in [0.1, 0.15) is 0 Å². The van der Waals surface area contributed by atoms with Gasteiger partial charge in [-0.3, -0.25) is 6.79 Å². The number of carbonyl (C=O) groups excluding carboxylic acids is 1. The van der Waals surface area contributed by atoms with Gasteiger partial charge in [-0.2, -0.15) is 0 Å². The number of hydrogen-bond acceptors (Lipinski definition) is 2. The number of hydrogen-bond donors (Lipinski definition) is 1. The van der Waals surface area contributed by atoms with Crippen molar-refractivity contribution in [3.8, 4) is 0 Å². The Hall–Kier alpha value is 0.149. The monoisotopic (exact) mass is 116 g/mol. The zero-order valence-electron chi connectivity index (χ0n) is 2.81. The van der Waals surface area contributed by atoms with Crippen molar-refractivity contribution < 1.29 is 27.0 Å². The molecule has 0 amide bonds. The van der Waals surface area contributed by atoms with Crippen molar-refractivity contribution in [3.63, 3.8) is 0 Å². The molecule has 0 saturated carbocycles. The molecule has 0 aliphatic carbocycles. The van der Waals surface area contributed by atoms with E-state index in [0.717, 1.165) is 7.11 Å². The first kappa shape index (κ1) is 19.2. The first-order valence-electron chi connectivity index (χ1n) is 0.683. The minimum absolute atomic E-state index is 0. The molecule has 1 radical (unpaired) electrons. The molecule has 5 heavy (non-hydrogen) atoms. The molecule has 0 fully saturated rings. The smallest absolute Gasteiger partial charge is 0.0319 e. The van der Waals surface area contributed by atoms with Gasteiger partial charge in [-0.25, -0.2) is 0 Å². The number of rotatable bonds is 0. The van der Waals surface area contributed by atoms with E-state index in [2.05, 4.69) is 6.79 Å². The van der Waals surface area contributed by atoms with Crippen LogP contribution in [0.15, 0.2) is 0 Å². The third-order valence-electron chi connectivity index (χ3n) is 0. The van der Waals surface area contributed by atoms with Gasteiger partial charge in [0.2, 0.25) is 0 Å². The van der Waals surface area contributed by atoms with Crippen LogP contribution in [0.2, 0.25) is 0 Å². The number of aliphatic hydroxyl groups excluding tert-OH is 1. The summed E-state index contributed by atoms with van der Waals surface area (Å²) in [4.78, 5) is 7.75. The van der Waals surface area contributed by atoms with E-state index >= 15 is 0 Å². The van der Waals surface area contributed by atoms with Crippen LogP contribution in [0.3, 0.4) is 0 Å². The molecule has 0 aliphatic heterocycles. The fraction of sp³-hybridized carbons (Fsp3) is 0.500. The van der Waals surface area contributed by atoms with Gasteiger partial charge in [-0.05, 0) is 0 Å². The summed E-state index contributed by atoms with van der Waals surface area (Å²) in [6.07, 6.45) is 0. The van der Waals surface area contributed by atoms with E-state index in [0.29, 0.717) is 0 Å². The van der Waals surface area contributed by atoms with Gasteiger partial charge in [0.25, 0.3) is 0 Å². The topological polar surface area (TPSA) is 37.3 Å². The van der Waals surface area contributed by atoms with E-state index in [-0.39, 0.29) is 17.1 Å². The van der Waals surface area contributed by atoms with Crippen LogP contribution >= 0.6 is 0 Å². The Bertz CT molecular complexity index is 7.61. The van der Waals surface area contributed by atoms with Crippen LogP contribution in [0, 0.1) is 0 Å². The van der Waals surface area contributed by atoms with E-state index in [1.54, 1.807) is 0 Å². The summed E-state index contributed by atoms with van der Waals surface area (Å²) in [6, 6.07) is 0. The summed E-state index contributed by atoms with van der Waals surface area (Å²) < 4.78 is 0. The minimum atomic E-state index is 0. The summed E-state index contributed by atoms with van der Waals surface area (Å²) >= 11 is 0. The molecule has 0 spiro atoms. The van der Waals surface area contributed by atoms with Crippen LogP contribution in [0.1, 0.15) is 0 Å². The summed E-state index contributed by atoms with van der Waals surface area (Å²) in [7, 11) is 1.00. The Balaban J connectivity index is -0.0000000133. The molecule has 1 N–H and O–H groups in total. The molecular formula is C2H5MnO2-. The van der Waals surface area contributed by atoms with Crippen LogP contribution in [0.4, 0.5) is 0 Å². The molecule has 0 saturated heterocycles. The van der Waals surface area contributed by atoms with Gasteiger partial charge >= 0.3 is 0 Å². The summed E-state index contributed by atoms with van der Waals surface area (Å²) in [5.74, 6) is 0. The van der Waals surface area contributed by atoms with Gasteiger partial charge in [-0.15, -0.1) is 0 Å². The Morgan fingerprint density at radius 3 is 1.40 bits per heavy atom. The van der Waals surface area contributed by atoms with Crippen LogP contribution in [-0.2, 0) is 21.9 Å². The van der Waals surface area contributed by atoms with Gasteiger partial charge in [0, 0.05) is 24.2 Å². The van der Waals surface area contributed by atoms with Crippen LogP contribution in [-0.4, -0.2) is 19.0 Å². The van der Waals surface area contributed by atoms with E-state index < -0.39 is 0 Å². The van der Waals surface area contributed by atoms with Crippen molar-refractivity contribution in [2.24, 2.45) is 0 Å². The predicted molar refractivity (Wildman–Crippen MR) is 14.9 cm³/mol. The molecule has 2 nitrogen and oxygen atoms in total. The predicted octanol–water partition coefficient (Wildman–Crippen LogP) is -0.668. The average molecular weight is 116 g/mol. The molecule has 0 heterocycles. The molecule has 0 aromatic rings. The molecule has 0 aliphatic rings. The SMILES string of the molecule is CO.[CH-]=O.[Mn]. The first-order chi connectivity index (χ1) is 2.00. The second-order valence-electron chi connectivity index (χ2n) is 0. The van der Waals surface area contributed by atoms with Crippen molar-refractivity contribution in [2.75, 3.05) is 7.11 Å². The summed E-state index contributed by atoms with van der Waals surface area (Å²) in [6.45, 7) is 3.25. The molecule has 0 atom stereocenters. The number of aliphatic hydroxyl groups is 1. The van der Waals surface area contributed by atoms with Gasteiger partial charge < -0.3 is 9.90 Å². The van der Waals surface area contributed by atoms with Crippen LogP contribution in [0.5, 0.6) is 0 Å². The Morgan fingerprint density at radius 1 is 1.40 bits per heavy atom. The van der Waals surface area contributed by atoms with E-state index in [4.69, 9.17) is 9.90 Å². The summed E-state index contributed by atoms with van der Waals surface area (Å²) in [5, 5.41) is 7.00. The molecule has 0 aromatic carbocycles. The zero-order chi connectivity index (χ0) is 4.00. The molecule has 33 valence electrons. The molecular weight excluding hydrogens is 111 g/mol. The molecule has 3 heteroatoms. The quantitative estimate of drug-likeness (QED) is 0.259. The van der Waals surface area contributed by atoms with Gasteiger partial charge in [0.05, 0.1) is 0 Å². The van der Waals surface area contributed by atoms with E-state index in [9.17, 15) is 0 Å². The van der Waals surface area contributed by atoms with Crippen molar-refractivity contribution in [1.29, 1.82) is 0 Å². The first-order valence-corrected chi connectivity index (χ1v) is 0.683. The minimum Gasteiger partial charge on any atom is -0.545 e. The molecule has 0 unspecified atom stereocenters. The summed E-state index contributed by atoms with van der Waals surface area (Å²) in [5.41, 5.74) is 0. The molecule has 0 rings (SSSR count). The second kappa shape index (κ2) is 1840. The van der Waals surface area contributed by atoms with Crippen molar-refractivity contribution in [2.45, 2.75) is 0 Å².